The molecule has 1 aromatic heterocycles. The van der Waals surface area contributed by atoms with Gasteiger partial charge in [0.2, 0.25) is 0 Å². The summed E-state index contributed by atoms with van der Waals surface area (Å²) in [6.45, 7) is 2.55. The average Bonchev–Trinajstić information content (AvgIpc) is 3.38. The van der Waals surface area contributed by atoms with Gasteiger partial charge >= 0.3 is 5.97 Å². The van der Waals surface area contributed by atoms with E-state index in [1.54, 1.807) is 13.3 Å². The topological polar surface area (TPSA) is 94.9 Å². The summed E-state index contributed by atoms with van der Waals surface area (Å²) in [5.74, 6) is 0.874. The summed E-state index contributed by atoms with van der Waals surface area (Å²) < 4.78 is 5.37. The number of hydroxylamine groups is 1. The minimum Gasteiger partial charge on any atom is -0.497 e. The summed E-state index contributed by atoms with van der Waals surface area (Å²) in [7, 11) is 1.63. The van der Waals surface area contributed by atoms with Gasteiger partial charge in [-0.1, -0.05) is 12.8 Å². The number of aromatic nitrogens is 1. The Balaban J connectivity index is 1.36. The van der Waals surface area contributed by atoms with E-state index in [2.05, 4.69) is 27.1 Å². The molecule has 1 saturated heterocycles. The molecule has 0 bridgehead atoms. The first-order valence-electron chi connectivity index (χ1n) is 12.5. The van der Waals surface area contributed by atoms with Crippen molar-refractivity contribution in [3.8, 4) is 5.75 Å². The van der Waals surface area contributed by atoms with Crippen molar-refractivity contribution in [1.82, 2.24) is 15.4 Å². The summed E-state index contributed by atoms with van der Waals surface area (Å²) >= 11 is 2.07. The first-order chi connectivity index (χ1) is 16.6. The van der Waals surface area contributed by atoms with Crippen molar-refractivity contribution in [2.24, 2.45) is 11.8 Å². The van der Waals surface area contributed by atoms with Crippen LogP contribution in [-0.4, -0.2) is 63.9 Å². The number of methoxy groups -OCH3 is 1. The number of nitrogens with zero attached hydrogens (tertiary/aromatic N) is 2. The Bertz CT molecular complexity index is 953. The van der Waals surface area contributed by atoms with Crippen LogP contribution in [0.1, 0.15) is 56.6 Å². The van der Waals surface area contributed by atoms with Crippen LogP contribution in [0.3, 0.4) is 0 Å². The van der Waals surface area contributed by atoms with Gasteiger partial charge in [0.05, 0.1) is 24.6 Å². The maximum absolute atomic E-state index is 12.1. The molecule has 1 aromatic carbocycles. The van der Waals surface area contributed by atoms with Crippen molar-refractivity contribution >= 4 is 28.6 Å². The van der Waals surface area contributed by atoms with Gasteiger partial charge in [0, 0.05) is 35.7 Å². The van der Waals surface area contributed by atoms with Gasteiger partial charge in [-0.2, -0.15) is 17.2 Å². The number of nitrogens with one attached hydrogen (secondary N) is 1. The Morgan fingerprint density at radius 2 is 2.12 bits per heavy atom. The molecule has 186 valence electrons. The number of carboxylic acids is 1. The molecule has 2 aromatic rings. The van der Waals surface area contributed by atoms with E-state index in [1.807, 2.05) is 24.3 Å². The quantitative estimate of drug-likeness (QED) is 0.391. The molecule has 1 aliphatic carbocycles. The third-order valence-corrected chi connectivity index (χ3v) is 8.92. The van der Waals surface area contributed by atoms with E-state index < -0.39 is 5.97 Å². The van der Waals surface area contributed by atoms with Crippen LogP contribution >= 0.6 is 11.8 Å². The third kappa shape index (κ3) is 6.22. The normalized spacial score (nSPS) is 22.8. The summed E-state index contributed by atoms with van der Waals surface area (Å²) in [5, 5.41) is 21.6. The highest BCUT2D eigenvalue weighted by molar-refractivity contribution is 7.99. The van der Waals surface area contributed by atoms with E-state index >= 15 is 0 Å². The molecule has 4 rings (SSSR count). The zero-order chi connectivity index (χ0) is 23.9. The van der Waals surface area contributed by atoms with Gasteiger partial charge in [-0.15, -0.1) is 0 Å². The Kier molecular flexibility index (Phi) is 9.05. The maximum Gasteiger partial charge on any atom is 0.308 e. The minimum atomic E-state index is -0.703. The molecule has 3 N–H and O–H groups in total. The van der Waals surface area contributed by atoms with Gasteiger partial charge in [0.25, 0.3) is 0 Å². The van der Waals surface area contributed by atoms with E-state index in [9.17, 15) is 15.1 Å². The molecule has 0 radical (unpaired) electrons. The Labute approximate surface area is 206 Å². The van der Waals surface area contributed by atoms with Gasteiger partial charge in [0.15, 0.2) is 0 Å². The summed E-state index contributed by atoms with van der Waals surface area (Å²) in [5.41, 5.74) is 4.25. The number of piperidine rings is 1. The van der Waals surface area contributed by atoms with Crippen molar-refractivity contribution in [3.63, 3.8) is 0 Å². The summed E-state index contributed by atoms with van der Waals surface area (Å²) in [4.78, 5) is 18.9. The predicted molar refractivity (Wildman–Crippen MR) is 136 cm³/mol. The number of pyridine rings is 1. The van der Waals surface area contributed by atoms with Crippen molar-refractivity contribution in [2.45, 2.75) is 56.2 Å². The molecule has 3 atom stereocenters. The number of ether oxygens (including phenoxy) is 1. The molecule has 34 heavy (non-hydrogen) atoms. The van der Waals surface area contributed by atoms with Crippen LogP contribution in [0.15, 0.2) is 30.5 Å². The lowest BCUT2D eigenvalue weighted by Crippen LogP contribution is -2.44. The fourth-order valence-electron chi connectivity index (χ4n) is 5.55. The largest absolute Gasteiger partial charge is 0.497 e. The Morgan fingerprint density at radius 1 is 1.29 bits per heavy atom. The lowest BCUT2D eigenvalue weighted by atomic mass is 9.81. The second-order valence-electron chi connectivity index (χ2n) is 9.61. The molecular formula is C26H37N3O4S. The zero-order valence-electron chi connectivity index (χ0n) is 20.0. The van der Waals surface area contributed by atoms with Crippen molar-refractivity contribution < 1.29 is 19.8 Å². The molecule has 0 spiro atoms. The molecule has 2 fully saturated rings. The number of likely N-dealkylation sites (tertiary alicyclic amines) is 1. The smallest absolute Gasteiger partial charge is 0.308 e. The number of carboxylic acid groups (broad SMARTS) is 1. The second kappa shape index (κ2) is 12.2. The SMILES string of the molecule is COc1ccc2nccc(C(CC[C@@H]3CCN(CCSC4CCCC4)C[C@@H]3C(=O)O)NO)c2c1. The summed E-state index contributed by atoms with van der Waals surface area (Å²) in [6, 6.07) is 7.33. The van der Waals surface area contributed by atoms with Gasteiger partial charge in [-0.3, -0.25) is 9.78 Å². The minimum absolute atomic E-state index is 0.106. The molecule has 1 saturated carbocycles. The van der Waals surface area contributed by atoms with Crippen LogP contribution in [0.2, 0.25) is 0 Å². The van der Waals surface area contributed by atoms with Crippen molar-refractivity contribution in [1.29, 1.82) is 0 Å². The number of rotatable bonds is 11. The van der Waals surface area contributed by atoms with Crippen LogP contribution in [0.25, 0.3) is 10.9 Å². The third-order valence-electron chi connectivity index (χ3n) is 7.56. The highest BCUT2D eigenvalue weighted by Gasteiger charge is 2.34. The van der Waals surface area contributed by atoms with Gasteiger partial charge in [0.1, 0.15) is 5.75 Å². The lowest BCUT2D eigenvalue weighted by molar-refractivity contribution is -0.146. The number of carbonyl (C=O) groups is 1. The molecule has 1 aliphatic heterocycles. The number of fused-ring (bicyclic) bond motifs is 1. The first-order valence-corrected chi connectivity index (χ1v) is 13.5. The highest BCUT2D eigenvalue weighted by atomic mass is 32.2. The van der Waals surface area contributed by atoms with E-state index in [4.69, 9.17) is 4.74 Å². The van der Waals surface area contributed by atoms with Gasteiger partial charge in [-0.25, -0.2) is 0 Å². The average molecular weight is 488 g/mol. The molecule has 0 amide bonds. The van der Waals surface area contributed by atoms with Crippen LogP contribution < -0.4 is 10.2 Å². The van der Waals surface area contributed by atoms with Crippen LogP contribution in [-0.2, 0) is 4.79 Å². The van der Waals surface area contributed by atoms with Gasteiger partial charge in [-0.05, 0) is 74.4 Å². The monoisotopic (exact) mass is 487 g/mol. The number of hydrogen-bond acceptors (Lipinski definition) is 7. The predicted octanol–water partition coefficient (Wildman–Crippen LogP) is 4.74. The van der Waals surface area contributed by atoms with Crippen molar-refractivity contribution in [3.05, 3.63) is 36.0 Å². The second-order valence-corrected chi connectivity index (χ2v) is 11.0. The number of aliphatic carboxylic acids is 1. The molecule has 1 unspecified atom stereocenters. The van der Waals surface area contributed by atoms with E-state index in [-0.39, 0.29) is 17.9 Å². The fraction of sp³-hybridized carbons (Fsp3) is 0.615. The molecule has 2 heterocycles. The summed E-state index contributed by atoms with van der Waals surface area (Å²) in [6.07, 6.45) is 9.42. The molecule has 2 aliphatic rings. The van der Waals surface area contributed by atoms with E-state index in [0.717, 1.165) is 59.1 Å². The first kappa shape index (κ1) is 25.2. The molecular weight excluding hydrogens is 450 g/mol. The zero-order valence-corrected chi connectivity index (χ0v) is 20.8. The Morgan fingerprint density at radius 3 is 2.85 bits per heavy atom. The standard InChI is InChI=1S/C26H37N3O4S/c1-33-19-7-9-24-22(16-19)21(10-12-27-24)25(28-32)8-6-18-11-13-29(17-23(18)26(30)31)14-15-34-20-4-2-3-5-20/h7,9-10,12,16,18,20,23,25,28,32H,2-6,8,11,13-15,17H2,1H3,(H,30,31)/t18-,23+,25?/m1/s1. The molecule has 7 nitrogen and oxygen atoms in total. The van der Waals surface area contributed by atoms with Crippen molar-refractivity contribution in [2.75, 3.05) is 32.5 Å². The highest BCUT2D eigenvalue weighted by Crippen LogP contribution is 2.34. The number of hydrogen-bond donors (Lipinski definition) is 3. The van der Waals surface area contributed by atoms with E-state index in [1.165, 1.54) is 25.7 Å². The number of thioether (sulfide) groups is 1. The fourth-order valence-corrected chi connectivity index (χ4v) is 6.91. The van der Waals surface area contributed by atoms with Crippen LogP contribution in [0.5, 0.6) is 5.75 Å². The number of benzene rings is 1. The maximum atomic E-state index is 12.1. The lowest BCUT2D eigenvalue weighted by Gasteiger charge is -2.37. The van der Waals surface area contributed by atoms with E-state index in [0.29, 0.717) is 13.0 Å². The van der Waals surface area contributed by atoms with Crippen LogP contribution in [0.4, 0.5) is 0 Å². The Hall–Kier alpha value is -1.87. The molecule has 8 heteroatoms. The van der Waals surface area contributed by atoms with Gasteiger partial charge < -0.3 is 20.0 Å². The van der Waals surface area contributed by atoms with Crippen LogP contribution in [0, 0.1) is 11.8 Å².